The molecule has 0 aliphatic carbocycles. The summed E-state index contributed by atoms with van der Waals surface area (Å²) in [7, 11) is 3.73. The van der Waals surface area contributed by atoms with Crippen LogP contribution in [-0.2, 0) is 4.74 Å². The summed E-state index contributed by atoms with van der Waals surface area (Å²) in [6.45, 7) is 4.25. The van der Waals surface area contributed by atoms with Gasteiger partial charge in [-0.05, 0) is 38.6 Å². The zero-order valence-electron chi connectivity index (χ0n) is 10.5. The third kappa shape index (κ3) is 4.16. The molecular formula is C13H21NOS. The van der Waals surface area contributed by atoms with E-state index in [2.05, 4.69) is 43.4 Å². The van der Waals surface area contributed by atoms with Gasteiger partial charge in [-0.25, -0.2) is 0 Å². The largest absolute Gasteiger partial charge is 0.381 e. The number of methoxy groups -OCH3 is 1. The van der Waals surface area contributed by atoms with Gasteiger partial charge < -0.3 is 10.1 Å². The van der Waals surface area contributed by atoms with Crippen molar-refractivity contribution in [3.63, 3.8) is 0 Å². The lowest BCUT2D eigenvalue weighted by Gasteiger charge is -2.12. The van der Waals surface area contributed by atoms with E-state index in [1.807, 2.05) is 18.8 Å². The fourth-order valence-corrected chi connectivity index (χ4v) is 2.19. The van der Waals surface area contributed by atoms with Crippen LogP contribution in [0.15, 0.2) is 29.2 Å². The summed E-state index contributed by atoms with van der Waals surface area (Å²) in [5.74, 6) is 0.997. The Morgan fingerprint density at radius 3 is 2.38 bits per heavy atom. The molecule has 0 aromatic heterocycles. The molecule has 90 valence electrons. The predicted octanol–water partition coefficient (Wildman–Crippen LogP) is 3.09. The third-order valence-corrected chi connectivity index (χ3v) is 3.94. The van der Waals surface area contributed by atoms with E-state index >= 15 is 0 Å². The van der Waals surface area contributed by atoms with Crippen molar-refractivity contribution >= 4 is 11.8 Å². The van der Waals surface area contributed by atoms with E-state index in [-0.39, 0.29) is 0 Å². The molecule has 0 saturated heterocycles. The standard InChI is InChI=1S/C13H21NOS/c1-10(15-4)9-16-13-7-5-12(6-8-13)11(2)14-3/h5-8,10-11,14H,9H2,1-4H3. The Labute approximate surface area is 103 Å². The van der Waals surface area contributed by atoms with Crippen LogP contribution in [0.2, 0.25) is 0 Å². The van der Waals surface area contributed by atoms with Crippen molar-refractivity contribution in [2.75, 3.05) is 19.9 Å². The number of nitrogens with one attached hydrogen (secondary N) is 1. The van der Waals surface area contributed by atoms with Crippen molar-refractivity contribution in [2.45, 2.75) is 30.9 Å². The molecular weight excluding hydrogens is 218 g/mol. The molecule has 0 saturated carbocycles. The Kier molecular flexibility index (Phi) is 5.88. The van der Waals surface area contributed by atoms with Gasteiger partial charge in [0.2, 0.25) is 0 Å². The summed E-state index contributed by atoms with van der Waals surface area (Å²) < 4.78 is 5.22. The maximum absolute atomic E-state index is 5.22. The van der Waals surface area contributed by atoms with E-state index in [9.17, 15) is 0 Å². The van der Waals surface area contributed by atoms with Gasteiger partial charge in [-0.3, -0.25) is 0 Å². The monoisotopic (exact) mass is 239 g/mol. The minimum absolute atomic E-state index is 0.306. The number of rotatable bonds is 6. The van der Waals surface area contributed by atoms with Crippen LogP contribution in [0, 0.1) is 0 Å². The summed E-state index contributed by atoms with van der Waals surface area (Å²) in [5, 5.41) is 3.23. The van der Waals surface area contributed by atoms with Crippen molar-refractivity contribution in [2.24, 2.45) is 0 Å². The molecule has 0 aliphatic rings. The highest BCUT2D eigenvalue weighted by Gasteiger charge is 2.03. The first-order valence-corrected chi connectivity index (χ1v) is 6.58. The third-order valence-electron chi connectivity index (χ3n) is 2.70. The van der Waals surface area contributed by atoms with Crippen molar-refractivity contribution in [1.29, 1.82) is 0 Å². The molecule has 1 rings (SSSR count). The quantitative estimate of drug-likeness (QED) is 0.771. The van der Waals surface area contributed by atoms with Crippen LogP contribution in [-0.4, -0.2) is 26.0 Å². The van der Waals surface area contributed by atoms with Crippen molar-refractivity contribution in [3.8, 4) is 0 Å². The van der Waals surface area contributed by atoms with Crippen LogP contribution in [0.5, 0.6) is 0 Å². The first-order chi connectivity index (χ1) is 7.67. The zero-order chi connectivity index (χ0) is 12.0. The van der Waals surface area contributed by atoms with E-state index in [1.165, 1.54) is 10.5 Å². The number of hydrogen-bond acceptors (Lipinski definition) is 3. The smallest absolute Gasteiger partial charge is 0.0637 e. The molecule has 0 amide bonds. The molecule has 1 aromatic rings. The van der Waals surface area contributed by atoms with Gasteiger partial charge in [0.25, 0.3) is 0 Å². The molecule has 1 N–H and O–H groups in total. The lowest BCUT2D eigenvalue weighted by Crippen LogP contribution is -2.12. The first-order valence-electron chi connectivity index (χ1n) is 5.60. The Morgan fingerprint density at radius 1 is 1.25 bits per heavy atom. The second kappa shape index (κ2) is 6.94. The summed E-state index contributed by atoms with van der Waals surface area (Å²) in [6, 6.07) is 9.13. The summed E-state index contributed by atoms with van der Waals surface area (Å²) >= 11 is 1.84. The van der Waals surface area contributed by atoms with Crippen LogP contribution in [0.25, 0.3) is 0 Å². The maximum atomic E-state index is 5.22. The van der Waals surface area contributed by atoms with Crippen LogP contribution < -0.4 is 5.32 Å². The molecule has 0 aliphatic heterocycles. The number of thioether (sulfide) groups is 1. The average molecular weight is 239 g/mol. The van der Waals surface area contributed by atoms with Crippen LogP contribution in [0.1, 0.15) is 25.5 Å². The lowest BCUT2D eigenvalue weighted by molar-refractivity contribution is 0.138. The van der Waals surface area contributed by atoms with Gasteiger partial charge in [0.15, 0.2) is 0 Å². The van der Waals surface area contributed by atoms with E-state index in [0.717, 1.165) is 5.75 Å². The van der Waals surface area contributed by atoms with Crippen molar-refractivity contribution < 1.29 is 4.74 Å². The molecule has 2 atom stereocenters. The van der Waals surface area contributed by atoms with Crippen molar-refractivity contribution in [3.05, 3.63) is 29.8 Å². The normalized spacial score (nSPS) is 14.8. The highest BCUT2D eigenvalue weighted by Crippen LogP contribution is 2.21. The SMILES string of the molecule is CNC(C)c1ccc(SCC(C)OC)cc1. The van der Waals surface area contributed by atoms with Crippen LogP contribution in [0.4, 0.5) is 0 Å². The van der Waals surface area contributed by atoms with Gasteiger partial charge in [-0.1, -0.05) is 12.1 Å². The van der Waals surface area contributed by atoms with E-state index in [4.69, 9.17) is 4.74 Å². The molecule has 0 fully saturated rings. The van der Waals surface area contributed by atoms with E-state index < -0.39 is 0 Å². The highest BCUT2D eigenvalue weighted by atomic mass is 32.2. The molecule has 0 heterocycles. The molecule has 3 heteroatoms. The minimum Gasteiger partial charge on any atom is -0.381 e. The summed E-state index contributed by atoms with van der Waals surface area (Å²) in [6.07, 6.45) is 0.306. The minimum atomic E-state index is 0.306. The van der Waals surface area contributed by atoms with Crippen LogP contribution in [0.3, 0.4) is 0 Å². The second-order valence-corrected chi connectivity index (χ2v) is 5.03. The Morgan fingerprint density at radius 2 is 1.88 bits per heavy atom. The average Bonchev–Trinajstić information content (AvgIpc) is 2.35. The van der Waals surface area contributed by atoms with Gasteiger partial charge in [-0.15, -0.1) is 11.8 Å². The Bertz CT molecular complexity index is 299. The molecule has 2 nitrogen and oxygen atoms in total. The summed E-state index contributed by atoms with van der Waals surface area (Å²) in [4.78, 5) is 1.30. The molecule has 1 aromatic carbocycles. The van der Waals surface area contributed by atoms with Gasteiger partial charge >= 0.3 is 0 Å². The predicted molar refractivity (Wildman–Crippen MR) is 71.1 cm³/mol. The van der Waals surface area contributed by atoms with E-state index in [1.54, 1.807) is 7.11 Å². The molecule has 0 spiro atoms. The maximum Gasteiger partial charge on any atom is 0.0637 e. The van der Waals surface area contributed by atoms with Gasteiger partial charge in [0.05, 0.1) is 6.10 Å². The fraction of sp³-hybridized carbons (Fsp3) is 0.538. The molecule has 0 radical (unpaired) electrons. The van der Waals surface area contributed by atoms with Gasteiger partial charge in [-0.2, -0.15) is 0 Å². The van der Waals surface area contributed by atoms with Crippen LogP contribution >= 0.6 is 11.8 Å². The lowest BCUT2D eigenvalue weighted by atomic mass is 10.1. The Hall–Kier alpha value is -0.510. The number of ether oxygens (including phenoxy) is 1. The number of benzene rings is 1. The second-order valence-electron chi connectivity index (χ2n) is 3.94. The fourth-order valence-electron chi connectivity index (χ4n) is 1.30. The molecule has 0 bridgehead atoms. The topological polar surface area (TPSA) is 21.3 Å². The molecule has 16 heavy (non-hydrogen) atoms. The van der Waals surface area contributed by atoms with E-state index in [0.29, 0.717) is 12.1 Å². The first kappa shape index (κ1) is 13.6. The highest BCUT2D eigenvalue weighted by molar-refractivity contribution is 7.99. The Balaban J connectivity index is 2.51. The zero-order valence-corrected chi connectivity index (χ0v) is 11.3. The van der Waals surface area contributed by atoms with Gasteiger partial charge in [0.1, 0.15) is 0 Å². The number of hydrogen-bond donors (Lipinski definition) is 1. The van der Waals surface area contributed by atoms with Gasteiger partial charge in [0, 0.05) is 23.8 Å². The summed E-state index contributed by atoms with van der Waals surface area (Å²) in [5.41, 5.74) is 1.33. The molecule has 2 unspecified atom stereocenters. The van der Waals surface area contributed by atoms with Crippen molar-refractivity contribution in [1.82, 2.24) is 5.32 Å².